The highest BCUT2D eigenvalue weighted by molar-refractivity contribution is 8.02. The second-order valence-electron chi connectivity index (χ2n) is 11.0. The number of amides is 2. The van der Waals surface area contributed by atoms with E-state index in [4.69, 9.17) is 4.74 Å². The average molecular weight is 503 g/mol. The average Bonchev–Trinajstić information content (AvgIpc) is 3.25. The molecule has 4 aliphatic heterocycles. The van der Waals surface area contributed by atoms with Crippen molar-refractivity contribution in [1.82, 2.24) is 9.80 Å². The Bertz CT molecular complexity index is 913. The van der Waals surface area contributed by atoms with Crippen molar-refractivity contribution in [3.8, 4) is 0 Å². The van der Waals surface area contributed by atoms with Crippen molar-refractivity contribution in [2.45, 2.75) is 86.9 Å². The van der Waals surface area contributed by atoms with E-state index in [2.05, 4.69) is 18.2 Å². The number of likely N-dealkylation sites (tertiary alicyclic amines) is 1. The monoisotopic (exact) mass is 502 g/mol. The smallest absolute Gasteiger partial charge is 0.311 e. The van der Waals surface area contributed by atoms with Gasteiger partial charge >= 0.3 is 5.97 Å². The molecule has 0 aromatic rings. The number of hydrogen-bond acceptors (Lipinski definition) is 6. The molecule has 1 spiro atoms. The lowest BCUT2D eigenvalue weighted by molar-refractivity contribution is -0.154. The minimum atomic E-state index is -0.849. The molecule has 0 aromatic heterocycles. The van der Waals surface area contributed by atoms with Gasteiger partial charge in [-0.25, -0.2) is 0 Å². The number of cyclic esters (lactones) is 1. The Morgan fingerprint density at radius 3 is 2.60 bits per heavy atom. The van der Waals surface area contributed by atoms with Crippen molar-refractivity contribution in [2.75, 3.05) is 19.8 Å². The summed E-state index contributed by atoms with van der Waals surface area (Å²) in [4.78, 5) is 45.6. The van der Waals surface area contributed by atoms with Crippen LogP contribution in [0.25, 0.3) is 0 Å². The maximum absolute atomic E-state index is 14.4. The summed E-state index contributed by atoms with van der Waals surface area (Å²) in [6.45, 7) is 4.59. The molecule has 2 saturated heterocycles. The van der Waals surface area contributed by atoms with Gasteiger partial charge in [0.2, 0.25) is 11.8 Å². The molecule has 1 aliphatic carbocycles. The summed E-state index contributed by atoms with van der Waals surface area (Å²) < 4.78 is 4.77. The molecule has 0 bridgehead atoms. The van der Waals surface area contributed by atoms with Crippen LogP contribution in [0.15, 0.2) is 24.3 Å². The van der Waals surface area contributed by atoms with Gasteiger partial charge in [0.05, 0.1) is 35.8 Å². The van der Waals surface area contributed by atoms with Crippen LogP contribution in [0, 0.1) is 17.8 Å². The number of carbonyl (C=O) groups is 3. The summed E-state index contributed by atoms with van der Waals surface area (Å²) in [5.41, 5.74) is 0. The second kappa shape index (κ2) is 9.92. The van der Waals surface area contributed by atoms with Crippen LogP contribution < -0.4 is 0 Å². The SMILES string of the molecule is CC(C)[C@H](CO)N1C(=O)[C@@H]2[C@@H]3C(=O)OCCC/C=C\[C@@H]3S[C@@]23C=CCN(C2CCCCC2)C(=O)C13. The van der Waals surface area contributed by atoms with Crippen molar-refractivity contribution >= 4 is 29.5 Å². The van der Waals surface area contributed by atoms with Crippen LogP contribution in [0.2, 0.25) is 0 Å². The Labute approximate surface area is 212 Å². The van der Waals surface area contributed by atoms with Crippen molar-refractivity contribution in [1.29, 1.82) is 0 Å². The number of rotatable bonds is 4. The zero-order valence-electron chi connectivity index (χ0n) is 20.8. The molecular formula is C27H38N2O5S. The second-order valence-corrected chi connectivity index (χ2v) is 12.5. The molecule has 192 valence electrons. The number of allylic oxidation sites excluding steroid dienone is 1. The quantitative estimate of drug-likeness (QED) is 0.470. The largest absolute Gasteiger partial charge is 0.465 e. The molecule has 1 saturated carbocycles. The molecular weight excluding hydrogens is 464 g/mol. The minimum Gasteiger partial charge on any atom is -0.465 e. The van der Waals surface area contributed by atoms with Crippen LogP contribution >= 0.6 is 11.8 Å². The van der Waals surface area contributed by atoms with Crippen molar-refractivity contribution in [2.24, 2.45) is 17.8 Å². The molecule has 1 N–H and O–H groups in total. The molecule has 5 rings (SSSR count). The van der Waals surface area contributed by atoms with Crippen LogP contribution in [0.4, 0.5) is 0 Å². The van der Waals surface area contributed by atoms with Crippen LogP contribution in [0.5, 0.6) is 0 Å². The first-order valence-electron chi connectivity index (χ1n) is 13.3. The molecule has 1 unspecified atom stereocenters. The predicted octanol–water partition coefficient (Wildman–Crippen LogP) is 2.93. The maximum Gasteiger partial charge on any atom is 0.311 e. The molecule has 5 aliphatic rings. The fraction of sp³-hybridized carbons (Fsp3) is 0.741. The molecule has 0 aromatic carbocycles. The highest BCUT2D eigenvalue weighted by Crippen LogP contribution is 2.61. The van der Waals surface area contributed by atoms with Gasteiger partial charge in [-0.3, -0.25) is 14.4 Å². The third-order valence-corrected chi connectivity index (χ3v) is 10.4. The number of hydrogen-bond donors (Lipinski definition) is 1. The summed E-state index contributed by atoms with van der Waals surface area (Å²) in [6, 6.07) is -1.05. The van der Waals surface area contributed by atoms with Gasteiger partial charge in [0.1, 0.15) is 6.04 Å². The van der Waals surface area contributed by atoms with Gasteiger partial charge in [-0.05, 0) is 31.6 Å². The fourth-order valence-electron chi connectivity index (χ4n) is 6.91. The number of ether oxygens (including phenoxy) is 1. The van der Waals surface area contributed by atoms with Gasteiger partial charge in [0.15, 0.2) is 0 Å². The summed E-state index contributed by atoms with van der Waals surface area (Å²) in [7, 11) is 0. The van der Waals surface area contributed by atoms with Crippen molar-refractivity contribution in [3.63, 3.8) is 0 Å². The number of thioether (sulfide) groups is 1. The van der Waals surface area contributed by atoms with E-state index < -0.39 is 28.7 Å². The molecule has 6 atom stereocenters. The first-order valence-corrected chi connectivity index (χ1v) is 14.2. The van der Waals surface area contributed by atoms with Gasteiger partial charge in [-0.2, -0.15) is 0 Å². The fourth-order valence-corrected chi connectivity index (χ4v) is 8.90. The van der Waals surface area contributed by atoms with E-state index in [0.717, 1.165) is 38.5 Å². The summed E-state index contributed by atoms with van der Waals surface area (Å²) in [5.74, 6) is -1.93. The number of fused-ring (bicyclic) bond motifs is 2. The third-order valence-electron chi connectivity index (χ3n) is 8.65. The van der Waals surface area contributed by atoms with Crippen LogP contribution in [0.3, 0.4) is 0 Å². The van der Waals surface area contributed by atoms with E-state index in [1.165, 1.54) is 6.42 Å². The maximum atomic E-state index is 14.4. The lowest BCUT2D eigenvalue weighted by atomic mass is 9.78. The Morgan fingerprint density at radius 1 is 1.11 bits per heavy atom. The van der Waals surface area contributed by atoms with Gasteiger partial charge < -0.3 is 19.6 Å². The third kappa shape index (κ3) is 4.05. The first kappa shape index (κ1) is 24.9. The van der Waals surface area contributed by atoms with Gasteiger partial charge in [0.25, 0.3) is 0 Å². The van der Waals surface area contributed by atoms with Crippen molar-refractivity contribution in [3.05, 3.63) is 24.3 Å². The van der Waals surface area contributed by atoms with Gasteiger partial charge in [0, 0.05) is 17.8 Å². The number of nitrogens with zero attached hydrogens (tertiary/aromatic N) is 2. The predicted molar refractivity (Wildman–Crippen MR) is 134 cm³/mol. The van der Waals surface area contributed by atoms with E-state index in [-0.39, 0.29) is 41.6 Å². The van der Waals surface area contributed by atoms with Crippen LogP contribution in [-0.2, 0) is 19.1 Å². The van der Waals surface area contributed by atoms with E-state index in [9.17, 15) is 19.5 Å². The highest BCUT2D eigenvalue weighted by atomic mass is 32.2. The van der Waals surface area contributed by atoms with Crippen LogP contribution in [0.1, 0.15) is 58.8 Å². The molecule has 35 heavy (non-hydrogen) atoms. The molecule has 7 nitrogen and oxygen atoms in total. The highest BCUT2D eigenvalue weighted by Gasteiger charge is 2.72. The Balaban J connectivity index is 1.61. The molecule has 2 amide bonds. The molecule has 4 heterocycles. The van der Waals surface area contributed by atoms with E-state index in [1.54, 1.807) is 16.7 Å². The van der Waals surface area contributed by atoms with Crippen LogP contribution in [-0.4, -0.2) is 80.6 Å². The number of esters is 1. The Morgan fingerprint density at radius 2 is 1.89 bits per heavy atom. The lowest BCUT2D eigenvalue weighted by Gasteiger charge is -2.42. The zero-order valence-corrected chi connectivity index (χ0v) is 21.6. The van der Waals surface area contributed by atoms with E-state index in [0.29, 0.717) is 13.2 Å². The summed E-state index contributed by atoms with van der Waals surface area (Å²) in [5, 5.41) is 10.1. The molecule has 0 radical (unpaired) electrons. The summed E-state index contributed by atoms with van der Waals surface area (Å²) in [6.07, 6.45) is 15.2. The van der Waals surface area contributed by atoms with E-state index in [1.807, 2.05) is 24.8 Å². The normalized spacial score (nSPS) is 37.7. The van der Waals surface area contributed by atoms with Gasteiger partial charge in [-0.15, -0.1) is 11.8 Å². The van der Waals surface area contributed by atoms with Crippen molar-refractivity contribution < 1.29 is 24.2 Å². The minimum absolute atomic E-state index is 0.0313. The molecule has 3 fully saturated rings. The topological polar surface area (TPSA) is 87.2 Å². The zero-order chi connectivity index (χ0) is 24.7. The number of aliphatic hydroxyl groups excluding tert-OH is 1. The Kier molecular flexibility index (Phi) is 7.05. The first-order chi connectivity index (χ1) is 16.9. The molecule has 8 heteroatoms. The van der Waals surface area contributed by atoms with E-state index >= 15 is 0 Å². The lowest BCUT2D eigenvalue weighted by Crippen LogP contribution is -2.59. The van der Waals surface area contributed by atoms with Gasteiger partial charge in [-0.1, -0.05) is 57.4 Å². The number of aliphatic hydroxyl groups is 1. The Hall–Kier alpha value is -1.80. The summed E-state index contributed by atoms with van der Waals surface area (Å²) >= 11 is 1.58. The number of carbonyl (C=O) groups excluding carboxylic acids is 3. The standard InChI is InChI=1S/C27H38N2O5S/c1-17(2)19(16-30)29-23-25(32)28(18-10-5-3-6-11-18)14-9-13-27(23)22(24(29)31)21-20(35-27)12-7-4-8-15-34-26(21)33/h7,9,12-13,17-23,30H,3-6,8,10-11,14-16H2,1-2H3/b12-7-/t19-,20-,21+,22-,23?,27-/m0/s1.